The van der Waals surface area contributed by atoms with Crippen molar-refractivity contribution in [3.8, 4) is 11.5 Å². The molecule has 0 aromatic heterocycles. The van der Waals surface area contributed by atoms with Crippen molar-refractivity contribution in [1.82, 2.24) is 0 Å². The van der Waals surface area contributed by atoms with Crippen LogP contribution in [0.5, 0.6) is 11.5 Å². The molecule has 0 saturated carbocycles. The van der Waals surface area contributed by atoms with Gasteiger partial charge >= 0.3 is 0 Å². The number of hydrogen-bond acceptors (Lipinski definition) is 5. The molecule has 2 N–H and O–H groups in total. The minimum Gasteiger partial charge on any atom is -0.497 e. The second-order valence-electron chi connectivity index (χ2n) is 6.91. The molecule has 3 aromatic carbocycles. The van der Waals surface area contributed by atoms with Gasteiger partial charge in [-0.3, -0.25) is 9.52 Å². The van der Waals surface area contributed by atoms with Crippen LogP contribution in [-0.2, 0) is 21.2 Å². The van der Waals surface area contributed by atoms with Crippen molar-refractivity contribution in [3.63, 3.8) is 0 Å². The third-order valence-corrected chi connectivity index (χ3v) is 5.97. The van der Waals surface area contributed by atoms with Gasteiger partial charge in [-0.25, -0.2) is 8.42 Å². The number of carbonyl (C=O) groups is 1. The Balaban J connectivity index is 1.68. The smallest absolute Gasteiger partial charge is 0.262 e. The van der Waals surface area contributed by atoms with E-state index in [0.29, 0.717) is 22.9 Å². The van der Waals surface area contributed by atoms with Crippen molar-refractivity contribution in [2.24, 2.45) is 0 Å². The molecule has 31 heavy (non-hydrogen) atoms. The third-order valence-electron chi connectivity index (χ3n) is 4.59. The summed E-state index contributed by atoms with van der Waals surface area (Å²) in [7, 11) is -0.888. The zero-order chi connectivity index (χ0) is 22.4. The van der Waals surface area contributed by atoms with Gasteiger partial charge in [0.25, 0.3) is 10.0 Å². The van der Waals surface area contributed by atoms with Crippen LogP contribution in [0, 0.1) is 6.92 Å². The molecule has 0 aliphatic rings. The Kier molecular flexibility index (Phi) is 6.81. The number of nitrogens with one attached hydrogen (secondary N) is 2. The molecule has 0 aliphatic carbocycles. The minimum absolute atomic E-state index is 0.0573. The first-order chi connectivity index (χ1) is 14.8. The van der Waals surface area contributed by atoms with Gasteiger partial charge in [0.2, 0.25) is 5.91 Å². The molecule has 0 unspecified atom stereocenters. The van der Waals surface area contributed by atoms with E-state index in [1.165, 1.54) is 26.4 Å². The molecule has 0 aliphatic heterocycles. The number of hydrogen-bond donors (Lipinski definition) is 2. The lowest BCUT2D eigenvalue weighted by Crippen LogP contribution is -2.15. The van der Waals surface area contributed by atoms with Crippen LogP contribution in [0.25, 0.3) is 0 Å². The van der Waals surface area contributed by atoms with E-state index < -0.39 is 10.0 Å². The van der Waals surface area contributed by atoms with Crippen LogP contribution in [-0.4, -0.2) is 28.5 Å². The number of aryl methyl sites for hydroxylation is 1. The maximum Gasteiger partial charge on any atom is 0.262 e. The Labute approximate surface area is 182 Å². The van der Waals surface area contributed by atoms with E-state index >= 15 is 0 Å². The van der Waals surface area contributed by atoms with E-state index in [0.717, 1.165) is 11.1 Å². The number of ether oxygens (including phenoxy) is 2. The van der Waals surface area contributed by atoms with Gasteiger partial charge in [-0.05, 0) is 48.9 Å². The molecule has 1 amide bonds. The second-order valence-corrected chi connectivity index (χ2v) is 8.59. The summed E-state index contributed by atoms with van der Waals surface area (Å²) in [5.41, 5.74) is 2.83. The van der Waals surface area contributed by atoms with Crippen LogP contribution >= 0.6 is 0 Å². The highest BCUT2D eigenvalue weighted by molar-refractivity contribution is 7.92. The predicted molar refractivity (Wildman–Crippen MR) is 120 cm³/mol. The van der Waals surface area contributed by atoms with Crippen molar-refractivity contribution < 1.29 is 22.7 Å². The molecule has 8 heteroatoms. The van der Waals surface area contributed by atoms with Crippen molar-refractivity contribution in [1.29, 1.82) is 0 Å². The average Bonchev–Trinajstić information content (AvgIpc) is 2.75. The standard InChI is InChI=1S/C23H24N2O5S/c1-16-4-6-17(7-5-16)14-23(26)24-18-8-11-20(12-9-18)31(27,28)25-21-13-10-19(29-2)15-22(21)30-3/h4-13,15,25H,14H2,1-3H3,(H,24,26). The molecule has 3 rings (SSSR count). The third kappa shape index (κ3) is 5.76. The first-order valence-electron chi connectivity index (χ1n) is 9.51. The molecule has 0 atom stereocenters. The van der Waals surface area contributed by atoms with E-state index in [-0.39, 0.29) is 17.2 Å². The second kappa shape index (κ2) is 9.53. The lowest BCUT2D eigenvalue weighted by Gasteiger charge is -2.13. The van der Waals surface area contributed by atoms with Crippen molar-refractivity contribution >= 4 is 27.3 Å². The highest BCUT2D eigenvalue weighted by atomic mass is 32.2. The van der Waals surface area contributed by atoms with Crippen LogP contribution in [0.3, 0.4) is 0 Å². The van der Waals surface area contributed by atoms with Crippen molar-refractivity contribution in [2.45, 2.75) is 18.2 Å². The van der Waals surface area contributed by atoms with Crippen LogP contribution in [0.15, 0.2) is 71.6 Å². The molecule has 0 bridgehead atoms. The van der Waals surface area contributed by atoms with Gasteiger partial charge in [0, 0.05) is 11.8 Å². The molecular weight excluding hydrogens is 416 g/mol. The first kappa shape index (κ1) is 22.2. The normalized spacial score (nSPS) is 10.9. The first-order valence-corrected chi connectivity index (χ1v) is 11.0. The van der Waals surface area contributed by atoms with Gasteiger partial charge in [0.15, 0.2) is 0 Å². The van der Waals surface area contributed by atoms with Gasteiger partial charge < -0.3 is 14.8 Å². The monoisotopic (exact) mass is 440 g/mol. The summed E-state index contributed by atoms with van der Waals surface area (Å²) in [5, 5.41) is 2.78. The Morgan fingerprint density at radius 3 is 2.19 bits per heavy atom. The molecule has 0 radical (unpaired) electrons. The highest BCUT2D eigenvalue weighted by Crippen LogP contribution is 2.31. The summed E-state index contributed by atoms with van der Waals surface area (Å²) in [5.74, 6) is 0.703. The highest BCUT2D eigenvalue weighted by Gasteiger charge is 2.17. The van der Waals surface area contributed by atoms with E-state index in [1.807, 2.05) is 31.2 Å². The van der Waals surface area contributed by atoms with Crippen LogP contribution < -0.4 is 19.5 Å². The molecule has 0 fully saturated rings. The molecule has 3 aromatic rings. The Morgan fingerprint density at radius 2 is 1.58 bits per heavy atom. The molecule has 162 valence electrons. The number of sulfonamides is 1. The summed E-state index contributed by atoms with van der Waals surface area (Å²) in [6.45, 7) is 1.99. The van der Waals surface area contributed by atoms with E-state index in [4.69, 9.17) is 9.47 Å². The number of carbonyl (C=O) groups excluding carboxylic acids is 1. The Morgan fingerprint density at radius 1 is 0.903 bits per heavy atom. The summed E-state index contributed by atoms with van der Waals surface area (Å²) in [6, 6.07) is 18.5. The number of anilines is 2. The predicted octanol–water partition coefficient (Wildman–Crippen LogP) is 3.99. The fourth-order valence-electron chi connectivity index (χ4n) is 2.90. The zero-order valence-electron chi connectivity index (χ0n) is 17.5. The quantitative estimate of drug-likeness (QED) is 0.552. The van der Waals surface area contributed by atoms with E-state index in [9.17, 15) is 13.2 Å². The maximum atomic E-state index is 12.7. The van der Waals surface area contributed by atoms with Crippen LogP contribution in [0.1, 0.15) is 11.1 Å². The lowest BCUT2D eigenvalue weighted by atomic mass is 10.1. The number of amides is 1. The number of rotatable bonds is 8. The summed E-state index contributed by atoms with van der Waals surface area (Å²) < 4.78 is 38.3. The molecular formula is C23H24N2O5S. The molecule has 7 nitrogen and oxygen atoms in total. The zero-order valence-corrected chi connectivity index (χ0v) is 18.3. The van der Waals surface area contributed by atoms with Gasteiger partial charge in [0.05, 0.1) is 31.2 Å². The number of benzene rings is 3. The average molecular weight is 441 g/mol. The Bertz CT molecular complexity index is 1160. The van der Waals surface area contributed by atoms with Gasteiger partial charge in [-0.2, -0.15) is 0 Å². The van der Waals surface area contributed by atoms with E-state index in [1.54, 1.807) is 30.3 Å². The van der Waals surface area contributed by atoms with Gasteiger partial charge in [-0.1, -0.05) is 29.8 Å². The van der Waals surface area contributed by atoms with Gasteiger partial charge in [0.1, 0.15) is 11.5 Å². The van der Waals surface area contributed by atoms with Crippen LogP contribution in [0.4, 0.5) is 11.4 Å². The van der Waals surface area contributed by atoms with Gasteiger partial charge in [-0.15, -0.1) is 0 Å². The fourth-order valence-corrected chi connectivity index (χ4v) is 3.97. The molecule has 0 heterocycles. The lowest BCUT2D eigenvalue weighted by molar-refractivity contribution is -0.115. The molecule has 0 saturated heterocycles. The van der Waals surface area contributed by atoms with E-state index in [2.05, 4.69) is 10.0 Å². The SMILES string of the molecule is COc1ccc(NS(=O)(=O)c2ccc(NC(=O)Cc3ccc(C)cc3)cc2)c(OC)c1. The number of methoxy groups -OCH3 is 2. The Hall–Kier alpha value is -3.52. The van der Waals surface area contributed by atoms with Crippen LogP contribution in [0.2, 0.25) is 0 Å². The fraction of sp³-hybridized carbons (Fsp3) is 0.174. The summed E-state index contributed by atoms with van der Waals surface area (Å²) in [4.78, 5) is 12.3. The van der Waals surface area contributed by atoms with Crippen molar-refractivity contribution in [2.75, 3.05) is 24.3 Å². The van der Waals surface area contributed by atoms with Crippen molar-refractivity contribution in [3.05, 3.63) is 77.9 Å². The maximum absolute atomic E-state index is 12.7. The minimum atomic E-state index is -3.85. The summed E-state index contributed by atoms with van der Waals surface area (Å²) >= 11 is 0. The molecule has 0 spiro atoms. The summed E-state index contributed by atoms with van der Waals surface area (Å²) in [6.07, 6.45) is 0.235. The topological polar surface area (TPSA) is 93.7 Å². The largest absolute Gasteiger partial charge is 0.497 e.